The van der Waals surface area contributed by atoms with Gasteiger partial charge in [-0.2, -0.15) is 13.2 Å². The van der Waals surface area contributed by atoms with E-state index in [1.807, 2.05) is 11.4 Å². The van der Waals surface area contributed by atoms with Gasteiger partial charge in [0.05, 0.1) is 5.92 Å². The van der Waals surface area contributed by atoms with Crippen molar-refractivity contribution in [3.05, 3.63) is 29.3 Å². The summed E-state index contributed by atoms with van der Waals surface area (Å²) in [6, 6.07) is 6.20. The minimum Gasteiger partial charge on any atom is -0.384 e. The third kappa shape index (κ3) is 3.96. The topological polar surface area (TPSA) is 44.4 Å². The molecule has 0 spiro atoms. The lowest BCUT2D eigenvalue weighted by Crippen LogP contribution is -2.38. The first-order chi connectivity index (χ1) is 10.9. The van der Waals surface area contributed by atoms with Crippen LogP contribution in [-0.2, 0) is 17.8 Å². The number of carbonyl (C=O) groups excluding carboxylic acids is 1. The number of hydrogen-bond acceptors (Lipinski definition) is 3. The fourth-order valence-electron chi connectivity index (χ4n) is 3.31. The molecule has 1 amide bonds. The Hall–Kier alpha value is -1.76. The Morgan fingerprint density at radius 1 is 1.39 bits per heavy atom. The number of hydrogen-bond donors (Lipinski definition) is 2. The molecular formula is C16H20F3N3O. The van der Waals surface area contributed by atoms with E-state index in [-0.39, 0.29) is 5.92 Å². The van der Waals surface area contributed by atoms with Crippen LogP contribution in [0.3, 0.4) is 0 Å². The van der Waals surface area contributed by atoms with Gasteiger partial charge < -0.3 is 10.6 Å². The van der Waals surface area contributed by atoms with Crippen LogP contribution in [0.5, 0.6) is 0 Å². The lowest BCUT2D eigenvalue weighted by molar-refractivity contribution is -0.140. The lowest BCUT2D eigenvalue weighted by Gasteiger charge is -2.18. The molecular weight excluding hydrogens is 307 g/mol. The van der Waals surface area contributed by atoms with E-state index in [1.54, 1.807) is 0 Å². The molecule has 0 bridgehead atoms. The molecule has 1 fully saturated rings. The SMILES string of the molecule is O=C(NCC(F)(F)F)C1CCN(Cc2cccc3c2NCC3)C1. The van der Waals surface area contributed by atoms with E-state index >= 15 is 0 Å². The van der Waals surface area contributed by atoms with Crippen LogP contribution >= 0.6 is 0 Å². The van der Waals surface area contributed by atoms with Gasteiger partial charge in [0, 0.05) is 25.3 Å². The van der Waals surface area contributed by atoms with Gasteiger partial charge in [0.2, 0.25) is 5.91 Å². The molecule has 0 radical (unpaired) electrons. The predicted molar refractivity (Wildman–Crippen MR) is 81.1 cm³/mol. The number of amides is 1. The summed E-state index contributed by atoms with van der Waals surface area (Å²) in [5.41, 5.74) is 3.68. The van der Waals surface area contributed by atoms with Gasteiger partial charge in [-0.25, -0.2) is 0 Å². The number of para-hydroxylation sites is 1. The third-order valence-electron chi connectivity index (χ3n) is 4.43. The summed E-state index contributed by atoms with van der Waals surface area (Å²) >= 11 is 0. The Morgan fingerprint density at radius 2 is 2.22 bits per heavy atom. The lowest BCUT2D eigenvalue weighted by atomic mass is 10.1. The van der Waals surface area contributed by atoms with E-state index in [9.17, 15) is 18.0 Å². The fourth-order valence-corrected chi connectivity index (χ4v) is 3.31. The van der Waals surface area contributed by atoms with E-state index in [1.165, 1.54) is 16.8 Å². The summed E-state index contributed by atoms with van der Waals surface area (Å²) in [6.07, 6.45) is -2.73. The van der Waals surface area contributed by atoms with Crippen LogP contribution in [0, 0.1) is 5.92 Å². The predicted octanol–water partition coefficient (Wildman–Crippen LogP) is 2.16. The van der Waals surface area contributed by atoms with Crippen LogP contribution in [0.2, 0.25) is 0 Å². The maximum absolute atomic E-state index is 12.2. The van der Waals surface area contributed by atoms with Crippen LogP contribution < -0.4 is 10.6 Å². The van der Waals surface area contributed by atoms with Gasteiger partial charge in [-0.3, -0.25) is 9.69 Å². The second-order valence-electron chi connectivity index (χ2n) is 6.18. The number of alkyl halides is 3. The van der Waals surface area contributed by atoms with Gasteiger partial charge >= 0.3 is 6.18 Å². The molecule has 0 saturated carbocycles. The van der Waals surface area contributed by atoms with Gasteiger partial charge in [0.25, 0.3) is 0 Å². The molecule has 2 aliphatic rings. The van der Waals surface area contributed by atoms with Crippen LogP contribution in [-0.4, -0.2) is 43.2 Å². The molecule has 0 aliphatic carbocycles. The Bertz CT molecular complexity index is 588. The number of rotatable bonds is 4. The summed E-state index contributed by atoms with van der Waals surface area (Å²) in [6.45, 7) is 1.65. The third-order valence-corrected chi connectivity index (χ3v) is 4.43. The largest absolute Gasteiger partial charge is 0.405 e. The first kappa shape index (κ1) is 16.1. The first-order valence-corrected chi connectivity index (χ1v) is 7.84. The van der Waals surface area contributed by atoms with Crippen molar-refractivity contribution in [1.29, 1.82) is 0 Å². The van der Waals surface area contributed by atoms with E-state index in [4.69, 9.17) is 0 Å². The first-order valence-electron chi connectivity index (χ1n) is 7.84. The zero-order valence-corrected chi connectivity index (χ0v) is 12.7. The smallest absolute Gasteiger partial charge is 0.384 e. The minimum absolute atomic E-state index is 0.359. The number of nitrogens with one attached hydrogen (secondary N) is 2. The van der Waals surface area contributed by atoms with Gasteiger partial charge in [-0.15, -0.1) is 0 Å². The summed E-state index contributed by atoms with van der Waals surface area (Å²) in [5, 5.41) is 5.37. The Kier molecular flexibility index (Phi) is 4.48. The fraction of sp³-hybridized carbons (Fsp3) is 0.562. The normalized spacial score (nSPS) is 21.1. The number of halogens is 3. The van der Waals surface area contributed by atoms with Gasteiger partial charge in [-0.05, 0) is 30.5 Å². The highest BCUT2D eigenvalue weighted by Crippen LogP contribution is 2.29. The molecule has 1 aromatic rings. The van der Waals surface area contributed by atoms with Crippen LogP contribution in [0.4, 0.5) is 18.9 Å². The molecule has 3 rings (SSSR count). The molecule has 1 unspecified atom stereocenters. The van der Waals surface area contributed by atoms with Crippen LogP contribution in [0.25, 0.3) is 0 Å². The molecule has 1 saturated heterocycles. The Morgan fingerprint density at radius 3 is 3.00 bits per heavy atom. The maximum atomic E-state index is 12.2. The van der Waals surface area contributed by atoms with Crippen molar-refractivity contribution in [2.24, 2.45) is 5.92 Å². The molecule has 2 heterocycles. The number of fused-ring (bicyclic) bond motifs is 1. The zero-order chi connectivity index (χ0) is 16.4. The molecule has 126 valence electrons. The van der Waals surface area contributed by atoms with Crippen molar-refractivity contribution in [2.45, 2.75) is 25.6 Å². The number of anilines is 1. The zero-order valence-electron chi connectivity index (χ0n) is 12.7. The average molecular weight is 327 g/mol. The highest BCUT2D eigenvalue weighted by molar-refractivity contribution is 5.79. The highest BCUT2D eigenvalue weighted by atomic mass is 19.4. The minimum atomic E-state index is -4.36. The van der Waals surface area contributed by atoms with Crippen molar-refractivity contribution >= 4 is 11.6 Å². The van der Waals surface area contributed by atoms with Crippen molar-refractivity contribution in [3.8, 4) is 0 Å². The number of benzene rings is 1. The summed E-state index contributed by atoms with van der Waals surface area (Å²) in [4.78, 5) is 14.0. The second-order valence-corrected chi connectivity index (χ2v) is 6.18. The van der Waals surface area contributed by atoms with E-state index < -0.39 is 18.6 Å². The standard InChI is InChI=1S/C16H20F3N3O/c17-16(18,19)10-21-15(23)13-5-7-22(9-13)8-12-3-1-2-11-4-6-20-14(11)12/h1-3,13,20H,4-10H2,(H,21,23). The summed E-state index contributed by atoms with van der Waals surface area (Å²) in [5.74, 6) is -0.858. The number of carbonyl (C=O) groups is 1. The molecule has 2 N–H and O–H groups in total. The maximum Gasteiger partial charge on any atom is 0.405 e. The van der Waals surface area contributed by atoms with E-state index in [0.717, 1.165) is 26.1 Å². The second kappa shape index (κ2) is 6.39. The monoisotopic (exact) mass is 327 g/mol. The molecule has 1 aromatic carbocycles. The van der Waals surface area contributed by atoms with Crippen molar-refractivity contribution in [1.82, 2.24) is 10.2 Å². The van der Waals surface area contributed by atoms with Gasteiger partial charge in [0.15, 0.2) is 0 Å². The van der Waals surface area contributed by atoms with E-state index in [2.05, 4.69) is 22.3 Å². The molecule has 4 nitrogen and oxygen atoms in total. The molecule has 1 atom stereocenters. The Balaban J connectivity index is 1.54. The molecule has 0 aromatic heterocycles. The van der Waals surface area contributed by atoms with Crippen molar-refractivity contribution in [3.63, 3.8) is 0 Å². The molecule has 2 aliphatic heterocycles. The Labute approximate surface area is 133 Å². The van der Waals surface area contributed by atoms with E-state index in [0.29, 0.717) is 13.0 Å². The number of nitrogens with zero attached hydrogens (tertiary/aromatic N) is 1. The quantitative estimate of drug-likeness (QED) is 0.891. The van der Waals surface area contributed by atoms with Crippen molar-refractivity contribution in [2.75, 3.05) is 31.5 Å². The van der Waals surface area contributed by atoms with Gasteiger partial charge in [-0.1, -0.05) is 18.2 Å². The summed E-state index contributed by atoms with van der Waals surface area (Å²) < 4.78 is 36.5. The van der Waals surface area contributed by atoms with Crippen LogP contribution in [0.15, 0.2) is 18.2 Å². The molecule has 23 heavy (non-hydrogen) atoms. The summed E-state index contributed by atoms with van der Waals surface area (Å²) in [7, 11) is 0. The van der Waals surface area contributed by atoms with Gasteiger partial charge in [0.1, 0.15) is 6.54 Å². The van der Waals surface area contributed by atoms with Crippen LogP contribution in [0.1, 0.15) is 17.5 Å². The number of likely N-dealkylation sites (tertiary alicyclic amines) is 1. The highest BCUT2D eigenvalue weighted by Gasteiger charge is 2.32. The average Bonchev–Trinajstić information content (AvgIpc) is 3.13. The molecule has 7 heteroatoms. The van der Waals surface area contributed by atoms with Crippen molar-refractivity contribution < 1.29 is 18.0 Å².